The lowest BCUT2D eigenvalue weighted by atomic mass is 10.1. The number of benzene rings is 1. The Morgan fingerprint density at radius 3 is 2.59 bits per heavy atom. The Bertz CT molecular complexity index is 555. The van der Waals surface area contributed by atoms with Crippen molar-refractivity contribution in [2.24, 2.45) is 4.99 Å². The zero-order valence-electron chi connectivity index (χ0n) is 12.6. The third-order valence-corrected chi connectivity index (χ3v) is 3.98. The van der Waals surface area contributed by atoms with Gasteiger partial charge in [-0.25, -0.2) is 0 Å². The van der Waals surface area contributed by atoms with Crippen molar-refractivity contribution in [1.82, 2.24) is 10.6 Å². The first kappa shape index (κ1) is 18.8. The smallest absolute Gasteiger partial charge is 0.191 e. The molecular weight excluding hydrogens is 409 g/mol. The van der Waals surface area contributed by atoms with Crippen LogP contribution in [0.5, 0.6) is 5.75 Å². The first-order valence-electron chi connectivity index (χ1n) is 7.03. The highest BCUT2D eigenvalue weighted by atomic mass is 127. The van der Waals surface area contributed by atoms with E-state index in [-0.39, 0.29) is 24.0 Å². The van der Waals surface area contributed by atoms with E-state index in [9.17, 15) is 5.11 Å². The summed E-state index contributed by atoms with van der Waals surface area (Å²) in [6, 6.07) is 11.5. The van der Waals surface area contributed by atoms with Crippen molar-refractivity contribution < 1.29 is 5.11 Å². The summed E-state index contributed by atoms with van der Waals surface area (Å²) in [5, 5.41) is 17.9. The van der Waals surface area contributed by atoms with Gasteiger partial charge in [-0.1, -0.05) is 18.2 Å². The second-order valence-electron chi connectivity index (χ2n) is 4.70. The normalized spacial score (nSPS) is 10.9. The Morgan fingerprint density at radius 2 is 1.95 bits per heavy atom. The van der Waals surface area contributed by atoms with Gasteiger partial charge in [0.15, 0.2) is 5.96 Å². The topological polar surface area (TPSA) is 56.7 Å². The number of nitrogens with zero attached hydrogens (tertiary/aromatic N) is 1. The highest BCUT2D eigenvalue weighted by molar-refractivity contribution is 14.0. The summed E-state index contributed by atoms with van der Waals surface area (Å²) in [4.78, 5) is 5.50. The molecule has 0 unspecified atom stereocenters. The van der Waals surface area contributed by atoms with Crippen molar-refractivity contribution >= 4 is 41.3 Å². The van der Waals surface area contributed by atoms with Gasteiger partial charge in [0.1, 0.15) is 5.75 Å². The number of phenols is 1. The quantitative estimate of drug-likeness (QED) is 0.285. The van der Waals surface area contributed by atoms with Crippen molar-refractivity contribution in [2.45, 2.75) is 19.4 Å². The number of aliphatic imine (C=N–C) groups is 1. The number of guanidine groups is 1. The zero-order valence-corrected chi connectivity index (χ0v) is 15.7. The van der Waals surface area contributed by atoms with Gasteiger partial charge in [0.25, 0.3) is 0 Å². The average molecular weight is 431 g/mol. The third-order valence-electron chi connectivity index (χ3n) is 3.10. The van der Waals surface area contributed by atoms with E-state index in [0.717, 1.165) is 31.9 Å². The Labute approximate surface area is 152 Å². The minimum atomic E-state index is 0. The molecule has 4 nitrogen and oxygen atoms in total. The Morgan fingerprint density at radius 1 is 1.18 bits per heavy atom. The summed E-state index contributed by atoms with van der Waals surface area (Å²) >= 11 is 1.74. The molecule has 0 saturated heterocycles. The molecule has 0 spiro atoms. The lowest BCUT2D eigenvalue weighted by Gasteiger charge is -2.11. The summed E-state index contributed by atoms with van der Waals surface area (Å²) in [7, 11) is 1.78. The van der Waals surface area contributed by atoms with Gasteiger partial charge < -0.3 is 15.7 Å². The van der Waals surface area contributed by atoms with Crippen molar-refractivity contribution in [3.63, 3.8) is 0 Å². The average Bonchev–Trinajstić information content (AvgIpc) is 3.02. The summed E-state index contributed by atoms with van der Waals surface area (Å²) in [5.74, 6) is 1.14. The van der Waals surface area contributed by atoms with Gasteiger partial charge in [-0.2, -0.15) is 0 Å². The van der Waals surface area contributed by atoms with E-state index in [1.165, 1.54) is 10.4 Å². The van der Waals surface area contributed by atoms with Crippen LogP contribution < -0.4 is 10.6 Å². The van der Waals surface area contributed by atoms with Crippen molar-refractivity contribution in [1.29, 1.82) is 0 Å². The molecule has 0 aliphatic rings. The Hall–Kier alpha value is -1.28. The monoisotopic (exact) mass is 431 g/mol. The minimum Gasteiger partial charge on any atom is -0.508 e. The van der Waals surface area contributed by atoms with Crippen molar-refractivity contribution in [3.05, 3.63) is 52.2 Å². The van der Waals surface area contributed by atoms with E-state index in [4.69, 9.17) is 0 Å². The van der Waals surface area contributed by atoms with E-state index in [2.05, 4.69) is 33.1 Å². The molecule has 0 saturated carbocycles. The fraction of sp³-hybridized carbons (Fsp3) is 0.312. The van der Waals surface area contributed by atoms with Gasteiger partial charge in [0.05, 0.1) is 6.54 Å². The highest BCUT2D eigenvalue weighted by Gasteiger charge is 1.99. The maximum absolute atomic E-state index is 9.23. The lowest BCUT2D eigenvalue weighted by molar-refractivity contribution is 0.475. The number of nitrogens with one attached hydrogen (secondary N) is 2. The zero-order chi connectivity index (χ0) is 14.9. The molecule has 22 heavy (non-hydrogen) atoms. The molecule has 0 fully saturated rings. The van der Waals surface area contributed by atoms with E-state index < -0.39 is 0 Å². The maximum Gasteiger partial charge on any atom is 0.191 e. The van der Waals surface area contributed by atoms with Gasteiger partial charge in [-0.3, -0.25) is 4.99 Å². The molecule has 1 aromatic heterocycles. The number of hydrogen-bond acceptors (Lipinski definition) is 3. The number of aromatic hydroxyl groups is 1. The summed E-state index contributed by atoms with van der Waals surface area (Å²) in [6.45, 7) is 1.67. The maximum atomic E-state index is 9.23. The van der Waals surface area contributed by atoms with Gasteiger partial charge in [-0.05, 0) is 42.0 Å². The predicted molar refractivity (Wildman–Crippen MR) is 104 cm³/mol. The molecule has 0 atom stereocenters. The van der Waals surface area contributed by atoms with Crippen LogP contribution in [-0.2, 0) is 13.0 Å². The largest absolute Gasteiger partial charge is 0.508 e. The molecule has 2 aromatic rings. The van der Waals surface area contributed by atoms with E-state index in [1.807, 2.05) is 12.1 Å². The third kappa shape index (κ3) is 6.65. The van der Waals surface area contributed by atoms with Gasteiger partial charge in [-0.15, -0.1) is 35.3 Å². The molecule has 0 aliphatic heterocycles. The van der Waals surface area contributed by atoms with E-state index >= 15 is 0 Å². The Kier molecular flexibility index (Phi) is 8.91. The molecular formula is C16H22IN3OS. The molecule has 1 heterocycles. The first-order chi connectivity index (χ1) is 10.3. The van der Waals surface area contributed by atoms with Crippen LogP contribution in [-0.4, -0.2) is 24.7 Å². The molecule has 0 amide bonds. The standard InChI is InChI=1S/C16H21N3OS.HI/c1-17-16(19-12-15-5-3-11-21-15)18-10-2-4-13-6-8-14(20)9-7-13;/h3,5-9,11,20H,2,4,10,12H2,1H3,(H2,17,18,19);1H. The minimum absolute atomic E-state index is 0. The summed E-state index contributed by atoms with van der Waals surface area (Å²) < 4.78 is 0. The van der Waals surface area contributed by atoms with Gasteiger partial charge in [0, 0.05) is 18.5 Å². The van der Waals surface area contributed by atoms with E-state index in [0.29, 0.717) is 5.75 Å². The molecule has 0 radical (unpaired) electrons. The second kappa shape index (κ2) is 10.4. The molecule has 6 heteroatoms. The van der Waals surface area contributed by atoms with Crippen LogP contribution in [0.2, 0.25) is 0 Å². The van der Waals surface area contributed by atoms with Crippen LogP contribution in [0, 0.1) is 0 Å². The second-order valence-corrected chi connectivity index (χ2v) is 5.73. The van der Waals surface area contributed by atoms with Crippen LogP contribution in [0.1, 0.15) is 16.9 Å². The summed E-state index contributed by atoms with van der Waals surface area (Å²) in [6.07, 6.45) is 2.00. The number of aryl methyl sites for hydroxylation is 1. The summed E-state index contributed by atoms with van der Waals surface area (Å²) in [5.41, 5.74) is 1.23. The van der Waals surface area contributed by atoms with Crippen LogP contribution >= 0.6 is 35.3 Å². The molecule has 0 aliphatic carbocycles. The van der Waals surface area contributed by atoms with Crippen LogP contribution in [0.3, 0.4) is 0 Å². The number of rotatable bonds is 6. The van der Waals surface area contributed by atoms with Crippen LogP contribution in [0.25, 0.3) is 0 Å². The fourth-order valence-corrected chi connectivity index (χ4v) is 2.61. The lowest BCUT2D eigenvalue weighted by Crippen LogP contribution is -2.37. The molecule has 3 N–H and O–H groups in total. The SMILES string of the molecule is CN=C(NCCCc1ccc(O)cc1)NCc1cccs1.I. The number of hydrogen-bond donors (Lipinski definition) is 3. The highest BCUT2D eigenvalue weighted by Crippen LogP contribution is 2.10. The predicted octanol–water partition coefficient (Wildman–Crippen LogP) is 3.37. The van der Waals surface area contributed by atoms with E-state index in [1.54, 1.807) is 30.5 Å². The molecule has 2 rings (SSSR count). The van der Waals surface area contributed by atoms with Crippen LogP contribution in [0.4, 0.5) is 0 Å². The molecule has 0 bridgehead atoms. The van der Waals surface area contributed by atoms with Crippen molar-refractivity contribution in [2.75, 3.05) is 13.6 Å². The number of halogens is 1. The van der Waals surface area contributed by atoms with Crippen molar-refractivity contribution in [3.8, 4) is 5.75 Å². The molecule has 1 aromatic carbocycles. The van der Waals surface area contributed by atoms with Gasteiger partial charge >= 0.3 is 0 Å². The van der Waals surface area contributed by atoms with Gasteiger partial charge in [0.2, 0.25) is 0 Å². The molecule has 120 valence electrons. The number of phenolic OH excluding ortho intramolecular Hbond substituents is 1. The van der Waals surface area contributed by atoms with Crippen LogP contribution in [0.15, 0.2) is 46.8 Å². The fourth-order valence-electron chi connectivity index (χ4n) is 1.97. The Balaban J connectivity index is 0.00000242. The first-order valence-corrected chi connectivity index (χ1v) is 7.90. The number of thiophene rings is 1.